The number of amides is 7. The third-order valence-corrected chi connectivity index (χ3v) is 21.0. The molecular formula is C60H87ClN10O9S. The summed E-state index contributed by atoms with van der Waals surface area (Å²) in [6.07, 6.45) is 16.6. The van der Waals surface area contributed by atoms with Gasteiger partial charge in [0, 0.05) is 55.8 Å². The maximum atomic E-state index is 14.7. The number of anilines is 1. The fourth-order valence-electron chi connectivity index (χ4n) is 14.0. The molecule has 444 valence electrons. The summed E-state index contributed by atoms with van der Waals surface area (Å²) >= 11 is 6.43. The maximum Gasteiger partial charge on any atom is 0.253 e. The Kier molecular flexibility index (Phi) is 20.9. The molecule has 0 aromatic heterocycles. The Labute approximate surface area is 483 Å². The summed E-state index contributed by atoms with van der Waals surface area (Å²) in [6.45, 7) is 4.96. The molecule has 5 aliphatic heterocycles. The van der Waals surface area contributed by atoms with Gasteiger partial charge >= 0.3 is 0 Å². The standard InChI is InChI=1S/C60H87ClN10O9S/c1-38(62-2)57(75)68-56(41-15-6-5-7-16-41)60(78)70-36-44(34-52(70)59(77)67-50-19-12-17-40-14-10-11-18-47(40)50)64-54(73)21-9-4-3-8-20-53(72)63-26-13-27-69-28-24-39(25-29-69)37-81(79,80)71-45-22-23-46(71)33-43(32-45)65-58(76)48-30-42-31-55(74)66-51(42)35-49(48)61/h10-11,14,18,30,35,38-39,41,43-46,50,52,56,62H,3-9,12-13,15-17,19-29,31-34,36-37H2,1-2H3,(H,63,72)(H,64,73)(H,65,76)(H,66,74)(H,67,77)(H,68,75)/t38-,43?,44-,45-,46?,50?,52-,56-/m0/s1. The second-order valence-electron chi connectivity index (χ2n) is 24.3. The van der Waals surface area contributed by atoms with Crippen molar-refractivity contribution in [3.8, 4) is 0 Å². The highest BCUT2D eigenvalue weighted by atomic mass is 35.5. The Bertz CT molecular complexity index is 2700. The van der Waals surface area contributed by atoms with Gasteiger partial charge in [0.1, 0.15) is 12.1 Å². The highest BCUT2D eigenvalue weighted by Gasteiger charge is 2.48. The van der Waals surface area contributed by atoms with E-state index >= 15 is 0 Å². The lowest BCUT2D eigenvalue weighted by molar-refractivity contribution is -0.143. The van der Waals surface area contributed by atoms with E-state index in [1.807, 2.05) is 12.1 Å². The van der Waals surface area contributed by atoms with Gasteiger partial charge in [0.2, 0.25) is 45.5 Å². The van der Waals surface area contributed by atoms with Crippen molar-refractivity contribution in [2.75, 3.05) is 50.8 Å². The van der Waals surface area contributed by atoms with Crippen LogP contribution in [0.15, 0.2) is 36.4 Å². The first kappa shape index (κ1) is 60.4. The van der Waals surface area contributed by atoms with E-state index in [2.05, 4.69) is 54.3 Å². The molecule has 1 saturated carbocycles. The minimum Gasteiger partial charge on any atom is -0.356 e. The van der Waals surface area contributed by atoms with Gasteiger partial charge in [-0.2, -0.15) is 4.31 Å². The molecule has 3 unspecified atom stereocenters. The average Bonchev–Trinajstić information content (AvgIpc) is 4.16. The van der Waals surface area contributed by atoms with Crippen molar-refractivity contribution in [3.05, 3.63) is 63.7 Å². The Hall–Kier alpha value is -5.15. The van der Waals surface area contributed by atoms with Crippen molar-refractivity contribution in [2.45, 2.75) is 203 Å². The van der Waals surface area contributed by atoms with Crippen LogP contribution in [0, 0.1) is 11.8 Å². The molecule has 7 aliphatic rings. The number of nitrogens with zero attached hydrogens (tertiary/aromatic N) is 3. The molecule has 8 atom stereocenters. The number of carbonyl (C=O) groups is 7. The molecule has 2 bridgehead atoms. The second kappa shape index (κ2) is 28.0. The van der Waals surface area contributed by atoms with Crippen LogP contribution < -0.4 is 37.2 Å². The number of aryl methyl sites for hydroxylation is 1. The molecule has 0 spiro atoms. The number of carbonyl (C=O) groups excluding carboxylic acids is 7. The predicted molar refractivity (Wildman–Crippen MR) is 311 cm³/mol. The number of rotatable bonds is 24. The fourth-order valence-corrected chi connectivity index (χ4v) is 16.7. The molecule has 2 aromatic rings. The monoisotopic (exact) mass is 1160 g/mol. The molecule has 2 aromatic carbocycles. The van der Waals surface area contributed by atoms with E-state index < -0.39 is 34.2 Å². The number of fused-ring (bicyclic) bond motifs is 4. The SMILES string of the molecule is CN[C@@H](C)C(=O)N[C@H](C(=O)N1C[C@@H](NC(=O)CCCCCCC(=O)NCCCN2CCC(CS(=O)(=O)N3C4CC[C@H]3CC(NC(=O)c3cc5c(cc3Cl)NC(=O)C5)C4)CC2)C[C@H]1C(=O)NC1CCCc2ccccc21)C1CCCCC1. The van der Waals surface area contributed by atoms with Crippen molar-refractivity contribution in [1.29, 1.82) is 0 Å². The number of sulfonamides is 1. The minimum atomic E-state index is -3.50. The molecule has 9 rings (SSSR count). The van der Waals surface area contributed by atoms with E-state index in [1.165, 1.54) is 5.56 Å². The molecule has 81 heavy (non-hydrogen) atoms. The van der Waals surface area contributed by atoms with E-state index in [1.54, 1.807) is 35.3 Å². The second-order valence-corrected chi connectivity index (χ2v) is 26.6. The number of likely N-dealkylation sites (tertiary alicyclic amines) is 2. The summed E-state index contributed by atoms with van der Waals surface area (Å²) < 4.78 is 29.6. The first-order valence-corrected chi connectivity index (χ1v) is 32.4. The molecule has 7 N–H and O–H groups in total. The number of likely N-dealkylation sites (N-methyl/N-ethyl adjacent to an activating group) is 1. The molecule has 2 aliphatic carbocycles. The summed E-state index contributed by atoms with van der Waals surface area (Å²) in [4.78, 5) is 97.5. The molecule has 5 fully saturated rings. The van der Waals surface area contributed by atoms with Gasteiger partial charge in [0.25, 0.3) is 5.91 Å². The van der Waals surface area contributed by atoms with Gasteiger partial charge in [-0.05, 0) is 171 Å². The highest BCUT2D eigenvalue weighted by Crippen LogP contribution is 2.40. The number of halogens is 1. The fraction of sp³-hybridized carbons (Fsp3) is 0.683. The summed E-state index contributed by atoms with van der Waals surface area (Å²) in [6, 6.07) is 8.32. The predicted octanol–water partition coefficient (Wildman–Crippen LogP) is 5.40. The van der Waals surface area contributed by atoms with E-state index in [9.17, 15) is 42.0 Å². The van der Waals surface area contributed by atoms with Crippen LogP contribution in [0.1, 0.15) is 175 Å². The number of unbranched alkanes of at least 4 members (excludes halogenated alkanes) is 3. The Morgan fingerprint density at radius 2 is 1.49 bits per heavy atom. The summed E-state index contributed by atoms with van der Waals surface area (Å²) in [5, 5.41) is 21.6. The van der Waals surface area contributed by atoms with Crippen LogP contribution in [0.25, 0.3) is 0 Å². The van der Waals surface area contributed by atoms with Gasteiger partial charge in [-0.3, -0.25) is 33.6 Å². The Morgan fingerprint density at radius 3 is 2.22 bits per heavy atom. The van der Waals surface area contributed by atoms with Gasteiger partial charge in [-0.1, -0.05) is 68.0 Å². The molecule has 19 nitrogen and oxygen atoms in total. The van der Waals surface area contributed by atoms with E-state index in [0.29, 0.717) is 56.3 Å². The summed E-state index contributed by atoms with van der Waals surface area (Å²) in [5.41, 5.74) is 4.00. The summed E-state index contributed by atoms with van der Waals surface area (Å²) in [7, 11) is -1.79. The topological polar surface area (TPSA) is 248 Å². The van der Waals surface area contributed by atoms with Gasteiger partial charge in [-0.25, -0.2) is 8.42 Å². The molecular weight excluding hydrogens is 1070 g/mol. The van der Waals surface area contributed by atoms with Crippen molar-refractivity contribution in [3.63, 3.8) is 0 Å². The van der Waals surface area contributed by atoms with Crippen molar-refractivity contribution in [1.82, 2.24) is 46.0 Å². The smallest absolute Gasteiger partial charge is 0.253 e. The number of hydrogen-bond donors (Lipinski definition) is 7. The number of nitrogens with one attached hydrogen (secondary N) is 7. The lowest BCUT2D eigenvalue weighted by atomic mass is 9.83. The molecule has 0 radical (unpaired) electrons. The van der Waals surface area contributed by atoms with E-state index in [-0.39, 0.29) is 108 Å². The molecule has 7 amide bonds. The number of hydrogen-bond acceptors (Lipinski definition) is 11. The van der Waals surface area contributed by atoms with Gasteiger partial charge in [0.05, 0.1) is 34.8 Å². The van der Waals surface area contributed by atoms with Crippen LogP contribution in [0.5, 0.6) is 0 Å². The maximum absolute atomic E-state index is 14.7. The molecule has 5 heterocycles. The zero-order valence-electron chi connectivity index (χ0n) is 47.5. The molecule has 4 saturated heterocycles. The van der Waals surface area contributed by atoms with Crippen LogP contribution in [-0.4, -0.2) is 152 Å². The summed E-state index contributed by atoms with van der Waals surface area (Å²) in [5.74, 6) is -1.18. The first-order valence-electron chi connectivity index (χ1n) is 30.4. The van der Waals surface area contributed by atoms with Crippen LogP contribution in [0.2, 0.25) is 5.02 Å². The lowest BCUT2D eigenvalue weighted by Crippen LogP contribution is -2.58. The Morgan fingerprint density at radius 1 is 0.778 bits per heavy atom. The van der Waals surface area contributed by atoms with Crippen LogP contribution in [0.3, 0.4) is 0 Å². The first-order chi connectivity index (χ1) is 39.0. The van der Waals surface area contributed by atoms with Gasteiger partial charge in [0.15, 0.2) is 0 Å². The Balaban J connectivity index is 0.648. The third kappa shape index (κ3) is 15.5. The van der Waals surface area contributed by atoms with Crippen molar-refractivity contribution >= 4 is 68.7 Å². The third-order valence-electron chi connectivity index (χ3n) is 18.5. The lowest BCUT2D eigenvalue weighted by Gasteiger charge is -2.39. The highest BCUT2D eigenvalue weighted by molar-refractivity contribution is 7.89. The van der Waals surface area contributed by atoms with Crippen LogP contribution >= 0.6 is 11.6 Å². The number of benzene rings is 2. The van der Waals surface area contributed by atoms with Crippen LogP contribution in [-0.2, 0) is 51.6 Å². The zero-order chi connectivity index (χ0) is 57.2. The number of piperidine rings is 2. The van der Waals surface area contributed by atoms with Crippen LogP contribution in [0.4, 0.5) is 5.69 Å². The zero-order valence-corrected chi connectivity index (χ0v) is 49.1. The molecule has 21 heteroatoms. The van der Waals surface area contributed by atoms with E-state index in [4.69, 9.17) is 11.6 Å². The quantitative estimate of drug-likeness (QED) is 0.0656. The normalized spacial score (nSPS) is 25.0. The van der Waals surface area contributed by atoms with Crippen molar-refractivity contribution in [2.24, 2.45) is 11.8 Å². The van der Waals surface area contributed by atoms with Gasteiger partial charge in [-0.15, -0.1) is 0 Å². The van der Waals surface area contributed by atoms with Crippen molar-refractivity contribution < 1.29 is 42.0 Å². The largest absolute Gasteiger partial charge is 0.356 e. The average molecular weight is 1160 g/mol. The van der Waals surface area contributed by atoms with Gasteiger partial charge < -0.3 is 47.0 Å². The minimum absolute atomic E-state index is 0.00506. The van der Waals surface area contributed by atoms with E-state index in [0.717, 1.165) is 127 Å².